The van der Waals surface area contributed by atoms with Gasteiger partial charge >= 0.3 is 0 Å². The third kappa shape index (κ3) is 4.30. The maximum absolute atomic E-state index is 13.0. The lowest BCUT2D eigenvalue weighted by molar-refractivity contribution is -0.113. The molecule has 0 unspecified atom stereocenters. The number of nitrogens with one attached hydrogen (secondary N) is 1. The van der Waals surface area contributed by atoms with Crippen LogP contribution in [0.3, 0.4) is 0 Å². The zero-order valence-electron chi connectivity index (χ0n) is 15.0. The van der Waals surface area contributed by atoms with E-state index in [-0.39, 0.29) is 22.8 Å². The number of hydrogen-bond acceptors (Lipinski definition) is 5. The van der Waals surface area contributed by atoms with E-state index in [9.17, 15) is 18.7 Å². The molecule has 0 atom stereocenters. The van der Waals surface area contributed by atoms with Crippen molar-refractivity contribution in [3.8, 4) is 17.1 Å². The lowest BCUT2D eigenvalue weighted by Crippen LogP contribution is -2.16. The van der Waals surface area contributed by atoms with Gasteiger partial charge in [0, 0.05) is 17.8 Å². The summed E-state index contributed by atoms with van der Waals surface area (Å²) in [6.07, 6.45) is -2.67. The number of anilines is 1. The van der Waals surface area contributed by atoms with Crippen molar-refractivity contribution < 1.29 is 18.7 Å². The average Bonchev–Trinajstić information content (AvgIpc) is 3.09. The normalized spacial score (nSPS) is 11.0. The standard InChI is InChI=1S/C19H18F2N4O2S/c1-2-25-18(13-8-4-6-10-15(13)26)23-24-19(25)28-11-16(27)22-14-9-5-3-7-12(14)17(20)21/h3-10,17,26H,2,11H2,1H3,(H,22,27). The number of rotatable bonds is 7. The van der Waals surface area contributed by atoms with E-state index in [4.69, 9.17) is 0 Å². The molecule has 0 aliphatic carbocycles. The number of carbonyl (C=O) groups is 1. The highest BCUT2D eigenvalue weighted by atomic mass is 32.2. The minimum absolute atomic E-state index is 0.0174. The molecule has 2 aromatic carbocycles. The number of benzene rings is 2. The van der Waals surface area contributed by atoms with Crippen molar-refractivity contribution in [2.75, 3.05) is 11.1 Å². The number of aromatic hydroxyl groups is 1. The largest absolute Gasteiger partial charge is 0.507 e. The van der Waals surface area contributed by atoms with Crippen LogP contribution in [0.2, 0.25) is 0 Å². The molecule has 1 heterocycles. The Morgan fingerprint density at radius 2 is 1.89 bits per heavy atom. The lowest BCUT2D eigenvalue weighted by Gasteiger charge is -2.11. The summed E-state index contributed by atoms with van der Waals surface area (Å²) in [5, 5.41) is 21.3. The number of thioether (sulfide) groups is 1. The van der Waals surface area contributed by atoms with E-state index in [1.54, 1.807) is 34.9 Å². The highest BCUT2D eigenvalue weighted by molar-refractivity contribution is 7.99. The molecule has 0 saturated carbocycles. The monoisotopic (exact) mass is 404 g/mol. The third-order valence-corrected chi connectivity index (χ3v) is 4.95. The number of para-hydroxylation sites is 2. The van der Waals surface area contributed by atoms with Gasteiger partial charge in [-0.1, -0.05) is 42.1 Å². The SMILES string of the molecule is CCn1c(SCC(=O)Nc2ccccc2C(F)F)nnc1-c1ccccc1O. The van der Waals surface area contributed by atoms with Crippen molar-refractivity contribution in [2.45, 2.75) is 25.1 Å². The van der Waals surface area contributed by atoms with Crippen LogP contribution in [-0.2, 0) is 11.3 Å². The van der Waals surface area contributed by atoms with Gasteiger partial charge in [0.15, 0.2) is 11.0 Å². The van der Waals surface area contributed by atoms with E-state index in [2.05, 4.69) is 15.5 Å². The molecule has 0 saturated heterocycles. The number of phenolic OH excluding ortho intramolecular Hbond substituents is 1. The molecular formula is C19H18F2N4O2S. The quantitative estimate of drug-likeness (QED) is 0.573. The summed E-state index contributed by atoms with van der Waals surface area (Å²) >= 11 is 1.14. The molecule has 146 valence electrons. The first-order valence-corrected chi connectivity index (χ1v) is 9.51. The molecule has 0 fully saturated rings. The summed E-state index contributed by atoms with van der Waals surface area (Å²) in [5.41, 5.74) is 0.411. The molecule has 0 bridgehead atoms. The van der Waals surface area contributed by atoms with Crippen LogP contribution in [0.5, 0.6) is 5.75 Å². The first-order valence-electron chi connectivity index (χ1n) is 8.52. The number of alkyl halides is 2. The van der Waals surface area contributed by atoms with E-state index in [0.717, 1.165) is 11.8 Å². The summed E-state index contributed by atoms with van der Waals surface area (Å²) in [6.45, 7) is 2.44. The van der Waals surface area contributed by atoms with Crippen LogP contribution in [0.1, 0.15) is 18.9 Å². The van der Waals surface area contributed by atoms with Gasteiger partial charge in [-0.3, -0.25) is 4.79 Å². The van der Waals surface area contributed by atoms with Crippen LogP contribution in [-0.4, -0.2) is 31.5 Å². The minimum atomic E-state index is -2.67. The molecule has 0 spiro atoms. The van der Waals surface area contributed by atoms with E-state index < -0.39 is 12.3 Å². The van der Waals surface area contributed by atoms with Crippen LogP contribution < -0.4 is 5.32 Å². The van der Waals surface area contributed by atoms with Crippen molar-refractivity contribution in [1.82, 2.24) is 14.8 Å². The average molecular weight is 404 g/mol. The van der Waals surface area contributed by atoms with Crippen LogP contribution in [0.25, 0.3) is 11.4 Å². The number of phenols is 1. The molecule has 3 rings (SSSR count). The van der Waals surface area contributed by atoms with Gasteiger partial charge in [-0.25, -0.2) is 8.78 Å². The van der Waals surface area contributed by atoms with Crippen LogP contribution >= 0.6 is 11.8 Å². The first-order chi connectivity index (χ1) is 13.5. The minimum Gasteiger partial charge on any atom is -0.507 e. The van der Waals surface area contributed by atoms with Gasteiger partial charge in [-0.15, -0.1) is 10.2 Å². The fourth-order valence-corrected chi connectivity index (χ4v) is 3.46. The third-order valence-electron chi connectivity index (χ3n) is 3.98. The van der Waals surface area contributed by atoms with Crippen molar-refractivity contribution in [2.24, 2.45) is 0 Å². The second-order valence-electron chi connectivity index (χ2n) is 5.79. The number of halogens is 2. The number of nitrogens with zero attached hydrogens (tertiary/aromatic N) is 3. The smallest absolute Gasteiger partial charge is 0.265 e. The highest BCUT2D eigenvalue weighted by Gasteiger charge is 2.18. The fourth-order valence-electron chi connectivity index (χ4n) is 2.66. The lowest BCUT2D eigenvalue weighted by atomic mass is 10.2. The molecule has 28 heavy (non-hydrogen) atoms. The molecule has 0 radical (unpaired) electrons. The summed E-state index contributed by atoms with van der Waals surface area (Å²) < 4.78 is 27.8. The van der Waals surface area contributed by atoms with Gasteiger partial charge in [-0.2, -0.15) is 0 Å². The molecule has 2 N–H and O–H groups in total. The van der Waals surface area contributed by atoms with E-state index >= 15 is 0 Å². The molecule has 6 nitrogen and oxygen atoms in total. The summed E-state index contributed by atoms with van der Waals surface area (Å²) in [5.74, 6) is 0.137. The van der Waals surface area contributed by atoms with Crippen molar-refractivity contribution >= 4 is 23.4 Å². The molecule has 0 aliphatic heterocycles. The zero-order valence-corrected chi connectivity index (χ0v) is 15.8. The molecule has 9 heteroatoms. The fraction of sp³-hybridized carbons (Fsp3) is 0.211. The Labute approximate surface area is 164 Å². The Balaban J connectivity index is 1.72. The Morgan fingerprint density at radius 1 is 1.18 bits per heavy atom. The van der Waals surface area contributed by atoms with Gasteiger partial charge in [-0.05, 0) is 25.1 Å². The maximum Gasteiger partial charge on any atom is 0.265 e. The van der Waals surface area contributed by atoms with E-state index in [1.165, 1.54) is 18.2 Å². The van der Waals surface area contributed by atoms with Gasteiger partial charge in [0.1, 0.15) is 5.75 Å². The zero-order chi connectivity index (χ0) is 20.1. The van der Waals surface area contributed by atoms with Gasteiger partial charge in [0.25, 0.3) is 6.43 Å². The van der Waals surface area contributed by atoms with Crippen molar-refractivity contribution in [3.63, 3.8) is 0 Å². The summed E-state index contributed by atoms with van der Waals surface area (Å²) in [7, 11) is 0. The Hall–Kier alpha value is -2.94. The summed E-state index contributed by atoms with van der Waals surface area (Å²) in [4.78, 5) is 12.2. The molecular weight excluding hydrogens is 386 g/mol. The Kier molecular flexibility index (Phi) is 6.25. The van der Waals surface area contributed by atoms with E-state index in [1.807, 2.05) is 6.92 Å². The molecule has 3 aromatic rings. The van der Waals surface area contributed by atoms with Gasteiger partial charge < -0.3 is 15.0 Å². The molecule has 0 aliphatic rings. The molecule has 1 aromatic heterocycles. The van der Waals surface area contributed by atoms with Gasteiger partial charge in [0.2, 0.25) is 5.91 Å². The van der Waals surface area contributed by atoms with Crippen LogP contribution in [0, 0.1) is 0 Å². The number of amides is 1. The first kappa shape index (κ1) is 19.8. The number of aromatic nitrogens is 3. The second-order valence-corrected chi connectivity index (χ2v) is 6.73. The predicted molar refractivity (Wildman–Crippen MR) is 104 cm³/mol. The maximum atomic E-state index is 13.0. The van der Waals surface area contributed by atoms with E-state index in [0.29, 0.717) is 23.1 Å². The summed E-state index contributed by atoms with van der Waals surface area (Å²) in [6, 6.07) is 12.6. The van der Waals surface area contributed by atoms with Crippen molar-refractivity contribution in [3.05, 3.63) is 54.1 Å². The topological polar surface area (TPSA) is 80.0 Å². The Bertz CT molecular complexity index is 978. The molecule has 1 amide bonds. The Morgan fingerprint density at radius 3 is 2.61 bits per heavy atom. The second kappa shape index (κ2) is 8.83. The number of hydrogen-bond donors (Lipinski definition) is 2. The highest BCUT2D eigenvalue weighted by Crippen LogP contribution is 2.30. The van der Waals surface area contributed by atoms with Crippen molar-refractivity contribution in [1.29, 1.82) is 0 Å². The predicted octanol–water partition coefficient (Wildman–Crippen LogP) is 4.34. The van der Waals surface area contributed by atoms with Gasteiger partial charge in [0.05, 0.1) is 11.3 Å². The van der Waals surface area contributed by atoms with Crippen LogP contribution in [0.4, 0.5) is 14.5 Å². The van der Waals surface area contributed by atoms with Crippen LogP contribution in [0.15, 0.2) is 53.7 Å². The number of carbonyl (C=O) groups excluding carboxylic acids is 1.